The molecule has 0 amide bonds. The molecular weight excluding hydrogens is 260 g/mol. The predicted octanol–water partition coefficient (Wildman–Crippen LogP) is 3.53. The van der Waals surface area contributed by atoms with Crippen molar-refractivity contribution in [2.75, 3.05) is 6.61 Å². The first-order chi connectivity index (χ1) is 10.4. The van der Waals surface area contributed by atoms with Gasteiger partial charge in [-0.25, -0.2) is 4.98 Å². The molecule has 21 heavy (non-hydrogen) atoms. The molecule has 1 heterocycles. The third-order valence-corrected chi connectivity index (χ3v) is 3.56. The Kier molecular flexibility index (Phi) is 3.97. The van der Waals surface area contributed by atoms with Crippen LogP contribution in [0.1, 0.15) is 28.8 Å². The van der Waals surface area contributed by atoms with Crippen LogP contribution in [0.25, 0.3) is 6.08 Å². The lowest BCUT2D eigenvalue weighted by Crippen LogP contribution is -2.01. The van der Waals surface area contributed by atoms with E-state index in [-0.39, 0.29) is 0 Å². The molecule has 0 atom stereocenters. The SMILES string of the molecule is N#Cc1cc2c(nc1OCC=Cc1ccccc1)CCC2. The highest BCUT2D eigenvalue weighted by Crippen LogP contribution is 2.26. The van der Waals surface area contributed by atoms with Crippen molar-refractivity contribution in [1.29, 1.82) is 5.26 Å². The molecule has 0 saturated carbocycles. The van der Waals surface area contributed by atoms with Gasteiger partial charge in [0.05, 0.1) is 0 Å². The van der Waals surface area contributed by atoms with Crippen molar-refractivity contribution in [3.8, 4) is 11.9 Å². The van der Waals surface area contributed by atoms with Crippen LogP contribution in [-0.4, -0.2) is 11.6 Å². The summed E-state index contributed by atoms with van der Waals surface area (Å²) in [5, 5.41) is 9.20. The summed E-state index contributed by atoms with van der Waals surface area (Å²) in [6.45, 7) is 0.412. The number of rotatable bonds is 4. The first kappa shape index (κ1) is 13.4. The van der Waals surface area contributed by atoms with Crippen LogP contribution in [0.15, 0.2) is 42.5 Å². The molecule has 0 bridgehead atoms. The molecule has 0 unspecified atom stereocenters. The summed E-state index contributed by atoms with van der Waals surface area (Å²) in [4.78, 5) is 4.49. The van der Waals surface area contributed by atoms with E-state index in [1.54, 1.807) is 0 Å². The third-order valence-electron chi connectivity index (χ3n) is 3.56. The van der Waals surface area contributed by atoms with Crippen LogP contribution in [0.5, 0.6) is 5.88 Å². The van der Waals surface area contributed by atoms with Crippen LogP contribution < -0.4 is 4.74 Å². The first-order valence-corrected chi connectivity index (χ1v) is 7.14. The maximum atomic E-state index is 9.20. The molecule has 1 aromatic heterocycles. The van der Waals surface area contributed by atoms with Crippen LogP contribution in [-0.2, 0) is 12.8 Å². The minimum Gasteiger partial charge on any atom is -0.472 e. The van der Waals surface area contributed by atoms with Gasteiger partial charge in [0.25, 0.3) is 0 Å². The number of pyridine rings is 1. The summed E-state index contributed by atoms with van der Waals surface area (Å²) in [5.74, 6) is 0.455. The summed E-state index contributed by atoms with van der Waals surface area (Å²) in [6, 6.07) is 14.1. The topological polar surface area (TPSA) is 45.9 Å². The maximum absolute atomic E-state index is 9.20. The number of aryl methyl sites for hydroxylation is 2. The van der Waals surface area contributed by atoms with Gasteiger partial charge in [0.1, 0.15) is 18.2 Å². The molecule has 104 valence electrons. The average Bonchev–Trinajstić information content (AvgIpc) is 2.99. The van der Waals surface area contributed by atoms with Crippen LogP contribution in [0.3, 0.4) is 0 Å². The van der Waals surface area contributed by atoms with Gasteiger partial charge >= 0.3 is 0 Å². The molecule has 0 spiro atoms. The van der Waals surface area contributed by atoms with E-state index in [0.717, 1.165) is 30.5 Å². The molecule has 0 fully saturated rings. The zero-order valence-corrected chi connectivity index (χ0v) is 11.7. The maximum Gasteiger partial charge on any atom is 0.232 e. The van der Waals surface area contributed by atoms with Crippen LogP contribution in [0, 0.1) is 11.3 Å². The lowest BCUT2D eigenvalue weighted by molar-refractivity contribution is 0.347. The molecule has 3 rings (SSSR count). The fraction of sp³-hybridized carbons (Fsp3) is 0.222. The molecule has 3 heteroatoms. The molecule has 0 N–H and O–H groups in total. The van der Waals surface area contributed by atoms with Gasteiger partial charge in [-0.05, 0) is 42.5 Å². The third kappa shape index (κ3) is 3.11. The summed E-state index contributed by atoms with van der Waals surface area (Å²) >= 11 is 0. The normalized spacial score (nSPS) is 13.1. The van der Waals surface area contributed by atoms with E-state index >= 15 is 0 Å². The first-order valence-electron chi connectivity index (χ1n) is 7.14. The van der Waals surface area contributed by atoms with Gasteiger partial charge in [0.15, 0.2) is 0 Å². The minimum atomic E-state index is 0.412. The van der Waals surface area contributed by atoms with Crippen LogP contribution >= 0.6 is 0 Å². The van der Waals surface area contributed by atoms with E-state index < -0.39 is 0 Å². The zero-order valence-electron chi connectivity index (χ0n) is 11.7. The van der Waals surface area contributed by atoms with Crippen molar-refractivity contribution in [1.82, 2.24) is 4.98 Å². The molecule has 0 aliphatic heterocycles. The summed E-state index contributed by atoms with van der Waals surface area (Å²) in [6.07, 6.45) is 7.05. The van der Waals surface area contributed by atoms with Crippen molar-refractivity contribution in [3.05, 3.63) is 64.9 Å². The lowest BCUT2D eigenvalue weighted by Gasteiger charge is -2.07. The van der Waals surface area contributed by atoms with E-state index in [4.69, 9.17) is 4.74 Å². The number of aromatic nitrogens is 1. The van der Waals surface area contributed by atoms with Crippen LogP contribution in [0.4, 0.5) is 0 Å². The number of hydrogen-bond acceptors (Lipinski definition) is 3. The zero-order chi connectivity index (χ0) is 14.5. The smallest absolute Gasteiger partial charge is 0.232 e. The van der Waals surface area contributed by atoms with Gasteiger partial charge in [0, 0.05) is 5.69 Å². The van der Waals surface area contributed by atoms with Crippen molar-refractivity contribution >= 4 is 6.08 Å². The second kappa shape index (κ2) is 6.23. The molecule has 2 aromatic rings. The number of benzene rings is 1. The highest BCUT2D eigenvalue weighted by molar-refractivity contribution is 5.49. The lowest BCUT2D eigenvalue weighted by atomic mass is 10.1. The molecule has 1 aliphatic carbocycles. The molecule has 0 saturated heterocycles. The van der Waals surface area contributed by atoms with Gasteiger partial charge in [-0.1, -0.05) is 36.4 Å². The molecule has 3 nitrogen and oxygen atoms in total. The Hall–Kier alpha value is -2.60. The van der Waals surface area contributed by atoms with E-state index in [1.807, 2.05) is 48.6 Å². The summed E-state index contributed by atoms with van der Waals surface area (Å²) in [7, 11) is 0. The van der Waals surface area contributed by atoms with Gasteiger partial charge in [0.2, 0.25) is 5.88 Å². The Morgan fingerprint density at radius 1 is 1.24 bits per heavy atom. The second-order valence-corrected chi connectivity index (χ2v) is 5.04. The fourth-order valence-electron chi connectivity index (χ4n) is 2.52. The molecule has 0 radical (unpaired) electrons. The van der Waals surface area contributed by atoms with Gasteiger partial charge in [-0.2, -0.15) is 5.26 Å². The Balaban J connectivity index is 1.68. The van der Waals surface area contributed by atoms with Gasteiger partial charge in [-0.15, -0.1) is 0 Å². The average molecular weight is 276 g/mol. The molecular formula is C18H16N2O. The number of nitrogens with zero attached hydrogens (tertiary/aromatic N) is 2. The highest BCUT2D eigenvalue weighted by atomic mass is 16.5. The number of fused-ring (bicyclic) bond motifs is 1. The molecule has 1 aliphatic rings. The molecule has 1 aromatic carbocycles. The van der Waals surface area contributed by atoms with E-state index in [9.17, 15) is 5.26 Å². The van der Waals surface area contributed by atoms with Crippen molar-refractivity contribution in [3.63, 3.8) is 0 Å². The fourth-order valence-corrected chi connectivity index (χ4v) is 2.52. The Bertz CT molecular complexity index is 699. The number of ether oxygens (including phenoxy) is 1. The summed E-state index contributed by atoms with van der Waals surface area (Å²) < 4.78 is 5.65. The van der Waals surface area contributed by atoms with Gasteiger partial charge in [-0.3, -0.25) is 0 Å². The number of nitriles is 1. The second-order valence-electron chi connectivity index (χ2n) is 5.04. The predicted molar refractivity (Wildman–Crippen MR) is 81.9 cm³/mol. The van der Waals surface area contributed by atoms with E-state index in [1.165, 1.54) is 5.56 Å². The quantitative estimate of drug-likeness (QED) is 0.858. The number of hydrogen-bond donors (Lipinski definition) is 0. The van der Waals surface area contributed by atoms with E-state index in [0.29, 0.717) is 18.1 Å². The standard InChI is InChI=1S/C18H16N2O/c19-13-16-12-15-9-4-10-17(15)20-18(16)21-11-5-8-14-6-2-1-3-7-14/h1-3,5-8,12H,4,9-11H2. The van der Waals surface area contributed by atoms with Crippen molar-refractivity contribution in [2.24, 2.45) is 0 Å². The largest absolute Gasteiger partial charge is 0.472 e. The van der Waals surface area contributed by atoms with Crippen LogP contribution in [0.2, 0.25) is 0 Å². The van der Waals surface area contributed by atoms with Crippen molar-refractivity contribution in [2.45, 2.75) is 19.3 Å². The van der Waals surface area contributed by atoms with Crippen molar-refractivity contribution < 1.29 is 4.74 Å². The Labute approximate surface area is 124 Å². The van der Waals surface area contributed by atoms with Gasteiger partial charge < -0.3 is 4.74 Å². The minimum absolute atomic E-state index is 0.412. The summed E-state index contributed by atoms with van der Waals surface area (Å²) in [5.41, 5.74) is 3.93. The Morgan fingerprint density at radius 3 is 2.90 bits per heavy atom. The highest BCUT2D eigenvalue weighted by Gasteiger charge is 2.16. The van der Waals surface area contributed by atoms with E-state index in [2.05, 4.69) is 11.1 Å². The Morgan fingerprint density at radius 2 is 2.10 bits per heavy atom. The monoisotopic (exact) mass is 276 g/mol.